The summed E-state index contributed by atoms with van der Waals surface area (Å²) in [5.41, 5.74) is 1.42. The lowest BCUT2D eigenvalue weighted by Gasteiger charge is -2.37. The number of halogens is 1. The number of hydrogen-bond acceptors (Lipinski definition) is 3. The first-order valence-corrected chi connectivity index (χ1v) is 8.47. The van der Waals surface area contributed by atoms with Gasteiger partial charge in [-0.2, -0.15) is 0 Å². The Labute approximate surface area is 131 Å². The fourth-order valence-electron chi connectivity index (χ4n) is 2.97. The van der Waals surface area contributed by atoms with Gasteiger partial charge in [0.2, 0.25) is 0 Å². The van der Waals surface area contributed by atoms with Gasteiger partial charge in [-0.15, -0.1) is 0 Å². The second-order valence-corrected chi connectivity index (χ2v) is 6.84. The minimum Gasteiger partial charge on any atom is -0.310 e. The van der Waals surface area contributed by atoms with Gasteiger partial charge in [0, 0.05) is 35.3 Å². The molecule has 0 amide bonds. The van der Waals surface area contributed by atoms with Crippen molar-refractivity contribution in [3.63, 3.8) is 0 Å². The van der Waals surface area contributed by atoms with Crippen molar-refractivity contribution in [3.05, 3.63) is 28.5 Å². The van der Waals surface area contributed by atoms with Crippen LogP contribution in [0.4, 0.5) is 0 Å². The maximum atomic E-state index is 4.53. The summed E-state index contributed by atoms with van der Waals surface area (Å²) in [6, 6.07) is 4.80. The minimum atomic E-state index is 0.264. The summed E-state index contributed by atoms with van der Waals surface area (Å²) in [6.45, 7) is 10.1. The van der Waals surface area contributed by atoms with Gasteiger partial charge in [-0.1, -0.05) is 13.8 Å². The maximum absolute atomic E-state index is 4.53. The number of aromatic nitrogens is 1. The van der Waals surface area contributed by atoms with Crippen LogP contribution in [0.15, 0.2) is 22.8 Å². The highest BCUT2D eigenvalue weighted by molar-refractivity contribution is 9.10. The van der Waals surface area contributed by atoms with E-state index >= 15 is 0 Å². The zero-order valence-corrected chi connectivity index (χ0v) is 14.4. The van der Waals surface area contributed by atoms with Crippen LogP contribution < -0.4 is 5.32 Å². The van der Waals surface area contributed by atoms with Gasteiger partial charge in [0.15, 0.2) is 0 Å². The van der Waals surface area contributed by atoms with Crippen LogP contribution in [-0.2, 0) is 6.54 Å². The van der Waals surface area contributed by atoms with Crippen LogP contribution in [0.1, 0.15) is 45.7 Å². The van der Waals surface area contributed by atoms with Gasteiger partial charge < -0.3 is 5.32 Å². The highest BCUT2D eigenvalue weighted by Gasteiger charge is 2.32. The van der Waals surface area contributed by atoms with Gasteiger partial charge in [-0.05, 0) is 60.8 Å². The lowest BCUT2D eigenvalue weighted by Crippen LogP contribution is -2.51. The van der Waals surface area contributed by atoms with E-state index < -0.39 is 0 Å². The van der Waals surface area contributed by atoms with Crippen LogP contribution in [0.2, 0.25) is 0 Å². The van der Waals surface area contributed by atoms with Crippen LogP contribution in [0.3, 0.4) is 0 Å². The van der Waals surface area contributed by atoms with E-state index in [4.69, 9.17) is 0 Å². The summed E-state index contributed by atoms with van der Waals surface area (Å²) < 4.78 is 1.04. The lowest BCUT2D eigenvalue weighted by atomic mass is 9.92. The molecule has 1 aliphatic rings. The Morgan fingerprint density at radius 3 is 2.75 bits per heavy atom. The molecule has 1 unspecified atom stereocenters. The van der Waals surface area contributed by atoms with Crippen LogP contribution in [0, 0.1) is 0 Å². The molecule has 2 heterocycles. The zero-order valence-electron chi connectivity index (χ0n) is 12.8. The van der Waals surface area contributed by atoms with Gasteiger partial charge in [-0.25, -0.2) is 0 Å². The quantitative estimate of drug-likeness (QED) is 0.908. The molecule has 0 radical (unpaired) electrons. The standard InChI is InChI=1S/C16H26BrN3/c1-4-16(5-2)12-20(13(3)8-9-19-16)11-15-7-6-14(17)10-18-15/h6-7,10,13,19H,4-5,8-9,11-12H2,1-3H3. The van der Waals surface area contributed by atoms with E-state index in [1.54, 1.807) is 0 Å². The van der Waals surface area contributed by atoms with Crippen molar-refractivity contribution in [2.24, 2.45) is 0 Å². The van der Waals surface area contributed by atoms with Crippen LogP contribution >= 0.6 is 15.9 Å². The summed E-state index contributed by atoms with van der Waals surface area (Å²) in [6.07, 6.45) is 5.46. The average Bonchev–Trinajstić information content (AvgIpc) is 2.62. The average molecular weight is 340 g/mol. The number of nitrogens with zero attached hydrogens (tertiary/aromatic N) is 2. The lowest BCUT2D eigenvalue weighted by molar-refractivity contribution is 0.150. The monoisotopic (exact) mass is 339 g/mol. The van der Waals surface area contributed by atoms with Crippen LogP contribution in [0.5, 0.6) is 0 Å². The summed E-state index contributed by atoms with van der Waals surface area (Å²) in [4.78, 5) is 7.11. The molecule has 1 fully saturated rings. The van der Waals surface area contributed by atoms with E-state index in [9.17, 15) is 0 Å². The molecule has 4 heteroatoms. The normalized spacial score (nSPS) is 23.5. The fraction of sp³-hybridized carbons (Fsp3) is 0.688. The van der Waals surface area contributed by atoms with Crippen LogP contribution in [-0.4, -0.2) is 34.6 Å². The third-order valence-corrected chi connectivity index (χ3v) is 5.17. The van der Waals surface area contributed by atoms with E-state index in [2.05, 4.69) is 64.0 Å². The van der Waals surface area contributed by atoms with Crippen molar-refractivity contribution in [1.29, 1.82) is 0 Å². The summed E-state index contributed by atoms with van der Waals surface area (Å²) in [7, 11) is 0. The predicted molar refractivity (Wildman–Crippen MR) is 87.7 cm³/mol. The smallest absolute Gasteiger partial charge is 0.0544 e. The van der Waals surface area contributed by atoms with Gasteiger partial charge in [0.05, 0.1) is 5.69 Å². The number of rotatable bonds is 4. The minimum absolute atomic E-state index is 0.264. The Bertz CT molecular complexity index is 414. The third kappa shape index (κ3) is 3.80. The number of pyridine rings is 1. The first kappa shape index (κ1) is 15.9. The SMILES string of the molecule is CCC1(CC)CN(Cc2ccc(Br)cn2)C(C)CCN1. The largest absolute Gasteiger partial charge is 0.310 e. The van der Waals surface area contributed by atoms with Crippen molar-refractivity contribution in [3.8, 4) is 0 Å². The Hall–Kier alpha value is -0.450. The number of hydrogen-bond donors (Lipinski definition) is 1. The van der Waals surface area contributed by atoms with E-state index in [-0.39, 0.29) is 5.54 Å². The van der Waals surface area contributed by atoms with Crippen molar-refractivity contribution >= 4 is 15.9 Å². The van der Waals surface area contributed by atoms with E-state index in [1.165, 1.54) is 19.3 Å². The van der Waals surface area contributed by atoms with E-state index in [0.717, 1.165) is 29.8 Å². The van der Waals surface area contributed by atoms with E-state index in [0.29, 0.717) is 6.04 Å². The maximum Gasteiger partial charge on any atom is 0.0544 e. The summed E-state index contributed by atoms with van der Waals surface area (Å²) in [5.74, 6) is 0. The number of nitrogens with one attached hydrogen (secondary N) is 1. The fourth-order valence-corrected chi connectivity index (χ4v) is 3.21. The first-order chi connectivity index (χ1) is 9.58. The highest BCUT2D eigenvalue weighted by Crippen LogP contribution is 2.23. The van der Waals surface area contributed by atoms with Gasteiger partial charge in [-0.3, -0.25) is 9.88 Å². The van der Waals surface area contributed by atoms with Crippen molar-refractivity contribution in [2.45, 2.75) is 58.2 Å². The Morgan fingerprint density at radius 1 is 1.40 bits per heavy atom. The second kappa shape index (κ2) is 7.01. The van der Waals surface area contributed by atoms with Gasteiger partial charge >= 0.3 is 0 Å². The van der Waals surface area contributed by atoms with Crippen LogP contribution in [0.25, 0.3) is 0 Å². The molecule has 1 N–H and O–H groups in total. The topological polar surface area (TPSA) is 28.2 Å². The Kier molecular flexibility index (Phi) is 5.58. The first-order valence-electron chi connectivity index (χ1n) is 7.68. The molecule has 0 bridgehead atoms. The molecule has 0 saturated carbocycles. The summed E-state index contributed by atoms with van der Waals surface area (Å²) in [5, 5.41) is 3.78. The van der Waals surface area contributed by atoms with Gasteiger partial charge in [0.1, 0.15) is 0 Å². The molecule has 1 saturated heterocycles. The van der Waals surface area contributed by atoms with Gasteiger partial charge in [0.25, 0.3) is 0 Å². The molecule has 0 aliphatic carbocycles. The Morgan fingerprint density at radius 2 is 2.15 bits per heavy atom. The van der Waals surface area contributed by atoms with Crippen molar-refractivity contribution in [2.75, 3.05) is 13.1 Å². The molecule has 0 aromatic carbocycles. The molecule has 0 spiro atoms. The molecule has 1 aromatic heterocycles. The highest BCUT2D eigenvalue weighted by atomic mass is 79.9. The molecule has 1 aliphatic heterocycles. The Balaban J connectivity index is 2.12. The molecule has 1 atom stereocenters. The third-order valence-electron chi connectivity index (χ3n) is 4.70. The molecule has 2 rings (SSSR count). The molecule has 3 nitrogen and oxygen atoms in total. The molecule has 1 aromatic rings. The zero-order chi connectivity index (χ0) is 14.6. The van der Waals surface area contributed by atoms with Crippen molar-refractivity contribution in [1.82, 2.24) is 15.2 Å². The second-order valence-electron chi connectivity index (χ2n) is 5.92. The predicted octanol–water partition coefficient (Wildman–Crippen LogP) is 3.59. The molecule has 20 heavy (non-hydrogen) atoms. The molecular weight excluding hydrogens is 314 g/mol. The molecule has 112 valence electrons. The van der Waals surface area contributed by atoms with Crippen molar-refractivity contribution < 1.29 is 0 Å². The summed E-state index contributed by atoms with van der Waals surface area (Å²) >= 11 is 3.45. The molecular formula is C16H26BrN3. The van der Waals surface area contributed by atoms with E-state index in [1.807, 2.05) is 6.20 Å².